The summed E-state index contributed by atoms with van der Waals surface area (Å²) < 4.78 is 28.8. The monoisotopic (exact) mass is 406 g/mol. The highest BCUT2D eigenvalue weighted by atomic mass is 32.2. The minimum Gasteiger partial charge on any atom is -0.481 e. The minimum absolute atomic E-state index is 0.0975. The topological polar surface area (TPSA) is 77.9 Å². The number of aliphatic carboxylic acids is 1. The number of nitrogens with zero attached hydrogens (tertiary/aromatic N) is 2. The molecule has 7 heteroatoms. The lowest BCUT2D eigenvalue weighted by Crippen LogP contribution is -2.65. The second-order valence-corrected chi connectivity index (χ2v) is 10.4. The summed E-state index contributed by atoms with van der Waals surface area (Å²) in [4.78, 5) is 14.0. The van der Waals surface area contributed by atoms with Crippen LogP contribution in [0.3, 0.4) is 0 Å². The molecule has 0 saturated carbocycles. The third-order valence-corrected chi connectivity index (χ3v) is 8.77. The Bertz CT molecular complexity index is 796. The molecule has 3 heterocycles. The average molecular weight is 407 g/mol. The van der Waals surface area contributed by atoms with Crippen LogP contribution in [0.4, 0.5) is 0 Å². The van der Waals surface area contributed by atoms with E-state index in [-0.39, 0.29) is 12.5 Å². The van der Waals surface area contributed by atoms with E-state index >= 15 is 0 Å². The molecule has 154 valence electrons. The van der Waals surface area contributed by atoms with E-state index in [0.29, 0.717) is 42.2 Å². The fourth-order valence-electron chi connectivity index (χ4n) is 5.78. The van der Waals surface area contributed by atoms with E-state index in [1.807, 2.05) is 6.07 Å². The molecule has 6 nitrogen and oxygen atoms in total. The van der Waals surface area contributed by atoms with Crippen molar-refractivity contribution in [2.45, 2.75) is 61.9 Å². The summed E-state index contributed by atoms with van der Waals surface area (Å²) >= 11 is 0. The Hall–Kier alpha value is -1.44. The number of sulfonamides is 1. The summed E-state index contributed by atoms with van der Waals surface area (Å²) in [6, 6.07) is 9.05. The normalized spacial score (nSPS) is 31.3. The molecule has 0 aromatic heterocycles. The highest BCUT2D eigenvalue weighted by Crippen LogP contribution is 2.44. The molecule has 0 bridgehead atoms. The van der Waals surface area contributed by atoms with Gasteiger partial charge in [-0.25, -0.2) is 8.42 Å². The molecule has 0 aliphatic carbocycles. The molecule has 3 aliphatic heterocycles. The van der Waals surface area contributed by atoms with Crippen molar-refractivity contribution in [3.05, 3.63) is 30.3 Å². The summed E-state index contributed by atoms with van der Waals surface area (Å²) in [7, 11) is -3.58. The number of carbonyl (C=O) groups is 1. The fraction of sp³-hybridized carbons (Fsp3) is 0.667. The van der Waals surface area contributed by atoms with E-state index in [4.69, 9.17) is 5.11 Å². The van der Waals surface area contributed by atoms with Gasteiger partial charge in [0.05, 0.1) is 4.90 Å². The molecule has 28 heavy (non-hydrogen) atoms. The maximum atomic E-state index is 13.5. The van der Waals surface area contributed by atoms with Crippen LogP contribution in [0, 0.1) is 11.8 Å². The fourth-order valence-corrected chi connectivity index (χ4v) is 7.56. The lowest BCUT2D eigenvalue weighted by Gasteiger charge is -2.57. The van der Waals surface area contributed by atoms with E-state index < -0.39 is 16.0 Å². The van der Waals surface area contributed by atoms with Gasteiger partial charge in [0.25, 0.3) is 0 Å². The first-order chi connectivity index (χ1) is 13.5. The number of benzene rings is 1. The SMILES string of the molecule is O=C(O)CCCC1[C@H]2CCCN3CCC[C@@H](CN1S(=O)(=O)c1ccccc1)[C@@H]23. The van der Waals surface area contributed by atoms with E-state index in [2.05, 4.69) is 4.90 Å². The quantitative estimate of drug-likeness (QED) is 0.786. The van der Waals surface area contributed by atoms with Crippen LogP contribution in [0.1, 0.15) is 44.9 Å². The Kier molecular flexibility index (Phi) is 5.76. The van der Waals surface area contributed by atoms with Crippen LogP contribution in [0.5, 0.6) is 0 Å². The Balaban J connectivity index is 1.67. The molecule has 4 atom stereocenters. The Morgan fingerprint density at radius 2 is 1.82 bits per heavy atom. The second-order valence-electron chi connectivity index (χ2n) is 8.48. The van der Waals surface area contributed by atoms with Crippen molar-refractivity contribution in [2.75, 3.05) is 19.6 Å². The molecular weight excluding hydrogens is 376 g/mol. The minimum atomic E-state index is -3.58. The van der Waals surface area contributed by atoms with Crippen LogP contribution in [0.25, 0.3) is 0 Å². The van der Waals surface area contributed by atoms with Crippen LogP contribution in [-0.4, -0.2) is 60.4 Å². The largest absolute Gasteiger partial charge is 0.481 e. The Morgan fingerprint density at radius 3 is 2.54 bits per heavy atom. The molecule has 0 spiro atoms. The maximum absolute atomic E-state index is 13.5. The van der Waals surface area contributed by atoms with Gasteiger partial charge in [-0.05, 0) is 75.6 Å². The summed E-state index contributed by atoms with van der Waals surface area (Å²) in [6.07, 6.45) is 5.60. The van der Waals surface area contributed by atoms with Crippen molar-refractivity contribution in [3.63, 3.8) is 0 Å². The van der Waals surface area contributed by atoms with Crippen molar-refractivity contribution >= 4 is 16.0 Å². The molecular formula is C21H30N2O4S. The molecule has 3 saturated heterocycles. The zero-order valence-electron chi connectivity index (χ0n) is 16.2. The lowest BCUT2D eigenvalue weighted by atomic mass is 9.70. The van der Waals surface area contributed by atoms with Crippen molar-refractivity contribution in [1.82, 2.24) is 9.21 Å². The predicted molar refractivity (Wildman–Crippen MR) is 106 cm³/mol. The summed E-state index contributed by atoms with van der Waals surface area (Å²) in [5.74, 6) is -0.123. The molecule has 0 radical (unpaired) electrons. The first-order valence-electron chi connectivity index (χ1n) is 10.5. The van der Waals surface area contributed by atoms with Crippen molar-refractivity contribution in [2.24, 2.45) is 11.8 Å². The van der Waals surface area contributed by atoms with Gasteiger partial charge in [-0.1, -0.05) is 18.2 Å². The zero-order valence-corrected chi connectivity index (χ0v) is 17.1. The summed E-state index contributed by atoms with van der Waals surface area (Å²) in [5, 5.41) is 9.07. The van der Waals surface area contributed by atoms with E-state index in [0.717, 1.165) is 38.8 Å². The number of hydrogen-bond donors (Lipinski definition) is 1. The van der Waals surface area contributed by atoms with Gasteiger partial charge < -0.3 is 5.11 Å². The zero-order chi connectivity index (χ0) is 19.7. The van der Waals surface area contributed by atoms with Crippen LogP contribution in [0.15, 0.2) is 35.2 Å². The molecule has 1 unspecified atom stereocenters. The number of piperidine rings is 3. The smallest absolute Gasteiger partial charge is 0.303 e. The summed E-state index contributed by atoms with van der Waals surface area (Å²) in [5.41, 5.74) is 0. The standard InChI is InChI=1S/C21H30N2O4S/c24-20(25)12-4-11-19-18-10-6-14-22-13-5-7-16(21(18)22)15-23(19)28(26,27)17-8-2-1-3-9-17/h1-3,8-9,16,18-19,21H,4-7,10-15H2,(H,24,25)/t16-,18+,19?,21-/m0/s1. The van der Waals surface area contributed by atoms with Gasteiger partial charge >= 0.3 is 5.97 Å². The highest BCUT2D eigenvalue weighted by Gasteiger charge is 2.51. The van der Waals surface area contributed by atoms with Crippen molar-refractivity contribution in [3.8, 4) is 0 Å². The number of carboxylic acid groups (broad SMARTS) is 1. The van der Waals surface area contributed by atoms with Gasteiger partial charge in [0.2, 0.25) is 10.0 Å². The van der Waals surface area contributed by atoms with Gasteiger partial charge in [0.15, 0.2) is 0 Å². The number of rotatable bonds is 6. The van der Waals surface area contributed by atoms with E-state index in [1.165, 1.54) is 0 Å². The van der Waals surface area contributed by atoms with Gasteiger partial charge in [-0.15, -0.1) is 0 Å². The van der Waals surface area contributed by atoms with Crippen molar-refractivity contribution < 1.29 is 18.3 Å². The van der Waals surface area contributed by atoms with Crippen LogP contribution in [0.2, 0.25) is 0 Å². The van der Waals surface area contributed by atoms with Gasteiger partial charge in [0.1, 0.15) is 0 Å². The highest BCUT2D eigenvalue weighted by molar-refractivity contribution is 7.89. The summed E-state index contributed by atoms with van der Waals surface area (Å²) in [6.45, 7) is 2.79. The first-order valence-corrected chi connectivity index (χ1v) is 12.0. The van der Waals surface area contributed by atoms with Gasteiger partial charge in [0, 0.05) is 25.0 Å². The molecule has 3 fully saturated rings. The molecule has 3 aliphatic rings. The van der Waals surface area contributed by atoms with Gasteiger partial charge in [-0.2, -0.15) is 4.31 Å². The van der Waals surface area contributed by atoms with E-state index in [9.17, 15) is 13.2 Å². The van der Waals surface area contributed by atoms with Crippen molar-refractivity contribution in [1.29, 1.82) is 0 Å². The second kappa shape index (κ2) is 8.13. The third-order valence-electron chi connectivity index (χ3n) is 6.87. The predicted octanol–water partition coefficient (Wildman–Crippen LogP) is 2.81. The molecule has 1 N–H and O–H groups in total. The number of hydrogen-bond acceptors (Lipinski definition) is 4. The number of carboxylic acids is 1. The van der Waals surface area contributed by atoms with Crippen LogP contribution in [-0.2, 0) is 14.8 Å². The Morgan fingerprint density at radius 1 is 1.11 bits per heavy atom. The average Bonchev–Trinajstić information content (AvgIpc) is 2.70. The third kappa shape index (κ3) is 3.72. The Labute approximate surface area is 167 Å². The molecule has 4 rings (SSSR count). The first kappa shape index (κ1) is 19.9. The van der Waals surface area contributed by atoms with Gasteiger partial charge in [-0.3, -0.25) is 9.69 Å². The van der Waals surface area contributed by atoms with E-state index in [1.54, 1.807) is 28.6 Å². The van der Waals surface area contributed by atoms with Crippen LogP contribution < -0.4 is 0 Å². The van der Waals surface area contributed by atoms with Crippen LogP contribution >= 0.6 is 0 Å². The molecule has 0 amide bonds. The molecule has 1 aromatic rings. The maximum Gasteiger partial charge on any atom is 0.303 e. The lowest BCUT2D eigenvalue weighted by molar-refractivity contribution is -0.137. The molecule has 1 aromatic carbocycles.